The van der Waals surface area contributed by atoms with Crippen LogP contribution in [-0.4, -0.2) is 12.8 Å². The molecule has 0 amide bonds. The number of nitrogens with two attached hydrogens (primary N) is 1. The summed E-state index contributed by atoms with van der Waals surface area (Å²) in [6.45, 7) is 1.65. The molecule has 0 aromatic heterocycles. The average Bonchev–Trinajstić information content (AvgIpc) is 1.67. The van der Waals surface area contributed by atoms with Crippen LogP contribution in [0.2, 0.25) is 0 Å². The average molecular weight is 137 g/mol. The molecule has 0 saturated carbocycles. The standard InChI is InChI=1S/C3H5FO2.H3N3/c1-2-6-3(4)5;1-3-2/h2H2,1H3;(H3,1,2). The van der Waals surface area contributed by atoms with E-state index < -0.39 is 6.22 Å². The van der Waals surface area contributed by atoms with Gasteiger partial charge in [0.1, 0.15) is 0 Å². The van der Waals surface area contributed by atoms with Gasteiger partial charge in [-0.1, -0.05) is 5.22 Å². The fourth-order valence-electron chi connectivity index (χ4n) is 0.113. The van der Waals surface area contributed by atoms with Crippen molar-refractivity contribution in [1.29, 1.82) is 5.53 Å². The number of hydrogen-bond acceptors (Lipinski definition) is 4. The van der Waals surface area contributed by atoms with Crippen molar-refractivity contribution in [2.75, 3.05) is 6.61 Å². The van der Waals surface area contributed by atoms with Crippen LogP contribution in [0, 0.1) is 5.53 Å². The maximum Gasteiger partial charge on any atom is 0.495 e. The quantitative estimate of drug-likeness (QED) is 0.244. The van der Waals surface area contributed by atoms with Gasteiger partial charge in [0.2, 0.25) is 0 Å². The Morgan fingerprint density at radius 1 is 2.00 bits per heavy atom. The van der Waals surface area contributed by atoms with Crippen LogP contribution in [-0.2, 0) is 4.74 Å². The van der Waals surface area contributed by atoms with E-state index in [1.54, 1.807) is 0 Å². The Morgan fingerprint density at radius 2 is 2.33 bits per heavy atom. The molecule has 0 aromatic carbocycles. The van der Waals surface area contributed by atoms with Crippen LogP contribution in [0.3, 0.4) is 0 Å². The maximum absolute atomic E-state index is 10.8. The molecule has 0 bridgehead atoms. The number of rotatable bonds is 1. The first-order valence-corrected chi connectivity index (χ1v) is 2.07. The molecule has 0 heterocycles. The Labute approximate surface area is 51.5 Å². The zero-order valence-corrected chi connectivity index (χ0v) is 4.93. The number of ether oxygens (including phenoxy) is 1. The fourth-order valence-corrected chi connectivity index (χ4v) is 0.113. The van der Waals surface area contributed by atoms with Gasteiger partial charge in [-0.15, -0.1) is 4.39 Å². The molecule has 6 heteroatoms. The number of halogens is 1. The first kappa shape index (κ1) is 10.7. The molecule has 0 aliphatic carbocycles. The summed E-state index contributed by atoms with van der Waals surface area (Å²) in [6, 6.07) is 0. The molecule has 0 radical (unpaired) electrons. The highest BCUT2D eigenvalue weighted by Gasteiger charge is 1.89. The molecule has 54 valence electrons. The Hall–Kier alpha value is -1.20. The lowest BCUT2D eigenvalue weighted by Crippen LogP contribution is -1.90. The number of nitrogens with zero attached hydrogens (tertiary/aromatic N) is 1. The largest absolute Gasteiger partial charge is 0.495 e. The number of carbonyl (C=O) groups excluding carboxylic acids is 1. The minimum Gasteiger partial charge on any atom is -0.441 e. The van der Waals surface area contributed by atoms with Gasteiger partial charge in [-0.25, -0.2) is 4.79 Å². The van der Waals surface area contributed by atoms with E-state index in [1.165, 1.54) is 6.92 Å². The summed E-state index contributed by atoms with van der Waals surface area (Å²) < 4.78 is 14.6. The van der Waals surface area contributed by atoms with Crippen LogP contribution in [0.4, 0.5) is 9.18 Å². The summed E-state index contributed by atoms with van der Waals surface area (Å²) in [6.07, 6.45) is -1.71. The predicted octanol–water partition coefficient (Wildman–Crippen LogP) is 1.00. The molecule has 0 aliphatic heterocycles. The zero-order valence-electron chi connectivity index (χ0n) is 4.93. The Morgan fingerprint density at radius 3 is 2.33 bits per heavy atom. The summed E-state index contributed by atoms with van der Waals surface area (Å²) in [5.74, 6) is 4.14. The topological polar surface area (TPSA) is 88.5 Å². The van der Waals surface area contributed by atoms with E-state index in [4.69, 9.17) is 10.3 Å². The van der Waals surface area contributed by atoms with Crippen LogP contribution in [0.1, 0.15) is 6.92 Å². The van der Waals surface area contributed by atoms with Crippen molar-refractivity contribution in [3.8, 4) is 0 Å². The van der Waals surface area contributed by atoms with E-state index in [9.17, 15) is 4.39 Å². The summed E-state index contributed by atoms with van der Waals surface area (Å²) in [4.78, 5) is 9.15. The van der Waals surface area contributed by atoms with E-state index in [1.807, 2.05) is 0 Å². The smallest absolute Gasteiger partial charge is 0.441 e. The van der Waals surface area contributed by atoms with E-state index in [2.05, 4.69) is 15.8 Å². The maximum atomic E-state index is 10.8. The van der Waals surface area contributed by atoms with E-state index >= 15 is 0 Å². The van der Waals surface area contributed by atoms with Crippen LogP contribution < -0.4 is 5.84 Å². The van der Waals surface area contributed by atoms with Crippen molar-refractivity contribution in [2.24, 2.45) is 11.1 Å². The molecule has 0 rings (SSSR count). The SMILES string of the molecule is CCOC(=O)F.N=NN. The van der Waals surface area contributed by atoms with Gasteiger partial charge in [0.25, 0.3) is 0 Å². The van der Waals surface area contributed by atoms with Gasteiger partial charge in [0.05, 0.1) is 6.61 Å². The lowest BCUT2D eigenvalue weighted by Gasteiger charge is -1.85. The van der Waals surface area contributed by atoms with Gasteiger partial charge in [0.15, 0.2) is 0 Å². The summed E-state index contributed by atoms with van der Waals surface area (Å²) in [7, 11) is 0. The highest BCUT2D eigenvalue weighted by molar-refractivity contribution is 5.57. The molecule has 5 nitrogen and oxygen atoms in total. The van der Waals surface area contributed by atoms with Crippen molar-refractivity contribution in [1.82, 2.24) is 0 Å². The zero-order chi connectivity index (χ0) is 7.70. The van der Waals surface area contributed by atoms with E-state index in [-0.39, 0.29) is 6.61 Å². The predicted molar refractivity (Wildman–Crippen MR) is 27.5 cm³/mol. The molecule has 3 N–H and O–H groups in total. The molecular weight excluding hydrogens is 129 g/mol. The Bertz CT molecular complexity index is 87.1. The van der Waals surface area contributed by atoms with E-state index in [0.29, 0.717) is 0 Å². The summed E-state index contributed by atoms with van der Waals surface area (Å²) in [5.41, 5.74) is 5.61. The van der Waals surface area contributed by atoms with Gasteiger partial charge >= 0.3 is 6.22 Å². The van der Waals surface area contributed by atoms with Crippen LogP contribution in [0.25, 0.3) is 0 Å². The molecule has 0 aliphatic rings. The van der Waals surface area contributed by atoms with Crippen molar-refractivity contribution in [3.63, 3.8) is 0 Å². The van der Waals surface area contributed by atoms with Crippen molar-refractivity contribution < 1.29 is 13.9 Å². The highest BCUT2D eigenvalue weighted by atomic mass is 19.1. The normalized spacial score (nSPS) is 6.44. The number of nitrogens with one attached hydrogen (secondary N) is 1. The van der Waals surface area contributed by atoms with Gasteiger partial charge in [-0.05, 0) is 6.92 Å². The second-order valence-corrected chi connectivity index (χ2v) is 0.800. The Balaban J connectivity index is 0. The minimum atomic E-state index is -1.71. The third kappa shape index (κ3) is 48.4. The molecule has 0 spiro atoms. The van der Waals surface area contributed by atoms with Gasteiger partial charge < -0.3 is 10.6 Å². The minimum absolute atomic E-state index is 0.106. The monoisotopic (exact) mass is 137 g/mol. The Kier molecular flexibility index (Phi) is 11.8. The summed E-state index contributed by atoms with van der Waals surface area (Å²) in [5, 5.41) is 2.25. The molecule has 0 unspecified atom stereocenters. The van der Waals surface area contributed by atoms with Crippen molar-refractivity contribution in [2.45, 2.75) is 6.92 Å². The molecule has 0 fully saturated rings. The molecule has 0 aromatic rings. The first-order chi connectivity index (χ1) is 4.18. The van der Waals surface area contributed by atoms with Crippen LogP contribution >= 0.6 is 0 Å². The fraction of sp³-hybridized carbons (Fsp3) is 0.667. The highest BCUT2D eigenvalue weighted by Crippen LogP contribution is 1.77. The molecule has 9 heavy (non-hydrogen) atoms. The van der Waals surface area contributed by atoms with E-state index in [0.717, 1.165) is 0 Å². The van der Waals surface area contributed by atoms with Crippen LogP contribution in [0.15, 0.2) is 5.22 Å². The molecular formula is C3H8FN3O2. The third-order valence-electron chi connectivity index (χ3n) is 0.258. The first-order valence-electron chi connectivity index (χ1n) is 2.07. The van der Waals surface area contributed by atoms with Gasteiger partial charge in [-0.3, -0.25) is 0 Å². The van der Waals surface area contributed by atoms with Gasteiger partial charge in [-0.2, -0.15) is 5.53 Å². The second-order valence-electron chi connectivity index (χ2n) is 0.800. The number of carbonyl (C=O) groups is 1. The van der Waals surface area contributed by atoms with Crippen LogP contribution in [0.5, 0.6) is 0 Å². The lowest BCUT2D eigenvalue weighted by atomic mass is 10.9. The summed E-state index contributed by atoms with van der Waals surface area (Å²) >= 11 is 0. The van der Waals surface area contributed by atoms with Crippen molar-refractivity contribution in [3.05, 3.63) is 0 Å². The number of hydrogen-bond donors (Lipinski definition) is 2. The molecule has 0 atom stereocenters. The second kappa shape index (κ2) is 9.93. The van der Waals surface area contributed by atoms with Gasteiger partial charge in [0, 0.05) is 0 Å². The van der Waals surface area contributed by atoms with Crippen molar-refractivity contribution >= 4 is 6.22 Å². The molecule has 0 saturated heterocycles. The third-order valence-corrected chi connectivity index (χ3v) is 0.258. The lowest BCUT2D eigenvalue weighted by molar-refractivity contribution is 0.126.